The van der Waals surface area contributed by atoms with Crippen LogP contribution in [0.1, 0.15) is 11.3 Å². The number of aryl methyl sites for hydroxylation is 1. The molecular weight excluding hydrogens is 233 g/mol. The molecule has 0 aliphatic heterocycles. The average molecular weight is 242 g/mol. The van der Waals surface area contributed by atoms with E-state index < -0.39 is 11.7 Å². The number of aromatic nitrogens is 2. The van der Waals surface area contributed by atoms with Gasteiger partial charge in [-0.25, -0.2) is 4.79 Å². The zero-order valence-electron chi connectivity index (χ0n) is 8.85. The number of H-pyrrole nitrogens is 2. The number of benzene rings is 1. The van der Waals surface area contributed by atoms with Gasteiger partial charge in [0.15, 0.2) is 0 Å². The molecule has 90 valence electrons. The number of hydrogen-bond donors (Lipinski definition) is 2. The fourth-order valence-electron chi connectivity index (χ4n) is 1.59. The molecule has 2 aromatic rings. The van der Waals surface area contributed by atoms with E-state index in [0.717, 1.165) is 12.1 Å². The standard InChI is InChI=1S/C11H9F3N2O/c1-6-9(16-10(17)15-6)7-2-4-8(5-3-7)11(12,13)14/h2-5H,1H3,(H2,15,16,17). The third kappa shape index (κ3) is 2.25. The third-order valence-corrected chi connectivity index (χ3v) is 2.42. The monoisotopic (exact) mass is 242 g/mol. The first-order chi connectivity index (χ1) is 7.88. The molecule has 0 saturated carbocycles. The lowest BCUT2D eigenvalue weighted by Crippen LogP contribution is -2.04. The summed E-state index contributed by atoms with van der Waals surface area (Å²) in [6.07, 6.45) is -4.35. The summed E-state index contributed by atoms with van der Waals surface area (Å²) < 4.78 is 37.0. The molecule has 2 N–H and O–H groups in total. The Morgan fingerprint density at radius 1 is 1.06 bits per heavy atom. The Morgan fingerprint density at radius 2 is 1.65 bits per heavy atom. The fourth-order valence-corrected chi connectivity index (χ4v) is 1.59. The smallest absolute Gasteiger partial charge is 0.310 e. The normalized spacial score (nSPS) is 11.8. The van der Waals surface area contributed by atoms with E-state index >= 15 is 0 Å². The van der Waals surface area contributed by atoms with Gasteiger partial charge >= 0.3 is 11.9 Å². The highest BCUT2D eigenvalue weighted by molar-refractivity contribution is 5.61. The molecule has 1 aromatic heterocycles. The van der Waals surface area contributed by atoms with E-state index in [1.165, 1.54) is 12.1 Å². The van der Waals surface area contributed by atoms with Crippen molar-refractivity contribution in [1.29, 1.82) is 0 Å². The molecule has 2 rings (SSSR count). The largest absolute Gasteiger partial charge is 0.416 e. The number of rotatable bonds is 1. The molecule has 0 aliphatic rings. The van der Waals surface area contributed by atoms with Crippen LogP contribution in [0, 0.1) is 6.92 Å². The molecule has 1 heterocycles. The first-order valence-electron chi connectivity index (χ1n) is 4.84. The molecule has 0 atom stereocenters. The highest BCUT2D eigenvalue weighted by Gasteiger charge is 2.30. The summed E-state index contributed by atoms with van der Waals surface area (Å²) in [5, 5.41) is 0. The summed E-state index contributed by atoms with van der Waals surface area (Å²) in [4.78, 5) is 16.1. The molecule has 0 aliphatic carbocycles. The zero-order valence-corrected chi connectivity index (χ0v) is 8.85. The van der Waals surface area contributed by atoms with E-state index in [2.05, 4.69) is 9.97 Å². The van der Waals surface area contributed by atoms with E-state index in [0.29, 0.717) is 17.0 Å². The van der Waals surface area contributed by atoms with Crippen molar-refractivity contribution in [3.8, 4) is 11.3 Å². The van der Waals surface area contributed by atoms with Gasteiger partial charge in [-0.05, 0) is 24.6 Å². The third-order valence-electron chi connectivity index (χ3n) is 2.42. The summed E-state index contributed by atoms with van der Waals surface area (Å²) in [6, 6.07) is 4.63. The van der Waals surface area contributed by atoms with E-state index in [9.17, 15) is 18.0 Å². The Kier molecular flexibility index (Phi) is 2.57. The zero-order chi connectivity index (χ0) is 12.6. The van der Waals surface area contributed by atoms with E-state index in [1.807, 2.05) is 0 Å². The van der Waals surface area contributed by atoms with E-state index in [1.54, 1.807) is 6.92 Å². The molecule has 0 fully saturated rings. The molecule has 0 bridgehead atoms. The molecule has 0 unspecified atom stereocenters. The van der Waals surface area contributed by atoms with E-state index in [4.69, 9.17) is 0 Å². The molecular formula is C11H9F3N2O. The summed E-state index contributed by atoms with van der Waals surface area (Å²) in [5.41, 5.74) is 0.543. The first-order valence-corrected chi connectivity index (χ1v) is 4.84. The van der Waals surface area contributed by atoms with Crippen LogP contribution in [0.3, 0.4) is 0 Å². The predicted octanol–water partition coefficient (Wildman–Crippen LogP) is 2.70. The van der Waals surface area contributed by atoms with Crippen LogP contribution < -0.4 is 5.69 Å². The molecule has 0 radical (unpaired) electrons. The summed E-state index contributed by atoms with van der Waals surface area (Å²) in [6.45, 7) is 1.67. The maximum atomic E-state index is 12.3. The van der Waals surface area contributed by atoms with Gasteiger partial charge in [0, 0.05) is 5.69 Å². The van der Waals surface area contributed by atoms with Gasteiger partial charge in [0.1, 0.15) is 0 Å². The van der Waals surface area contributed by atoms with E-state index in [-0.39, 0.29) is 5.69 Å². The highest BCUT2D eigenvalue weighted by atomic mass is 19.4. The molecule has 3 nitrogen and oxygen atoms in total. The molecule has 0 spiro atoms. The van der Waals surface area contributed by atoms with Crippen molar-refractivity contribution in [2.75, 3.05) is 0 Å². The van der Waals surface area contributed by atoms with Gasteiger partial charge in [-0.15, -0.1) is 0 Å². The van der Waals surface area contributed by atoms with Gasteiger partial charge in [-0.1, -0.05) is 12.1 Å². The van der Waals surface area contributed by atoms with Crippen molar-refractivity contribution < 1.29 is 13.2 Å². The second-order valence-electron chi connectivity index (χ2n) is 3.65. The Morgan fingerprint density at radius 3 is 2.06 bits per heavy atom. The lowest BCUT2D eigenvalue weighted by molar-refractivity contribution is -0.137. The lowest BCUT2D eigenvalue weighted by atomic mass is 10.1. The van der Waals surface area contributed by atoms with Crippen LogP contribution in [0.15, 0.2) is 29.1 Å². The van der Waals surface area contributed by atoms with Crippen molar-refractivity contribution in [1.82, 2.24) is 9.97 Å². The number of hydrogen-bond acceptors (Lipinski definition) is 1. The van der Waals surface area contributed by atoms with Gasteiger partial charge in [0.2, 0.25) is 0 Å². The van der Waals surface area contributed by atoms with Gasteiger partial charge in [-0.2, -0.15) is 13.2 Å². The number of halogens is 3. The van der Waals surface area contributed by atoms with Crippen LogP contribution in [-0.4, -0.2) is 9.97 Å². The predicted molar refractivity (Wildman–Crippen MR) is 56.6 cm³/mol. The van der Waals surface area contributed by atoms with Crippen LogP contribution >= 0.6 is 0 Å². The van der Waals surface area contributed by atoms with Crippen LogP contribution in [0.2, 0.25) is 0 Å². The fraction of sp³-hybridized carbons (Fsp3) is 0.182. The second-order valence-corrected chi connectivity index (χ2v) is 3.65. The number of alkyl halides is 3. The van der Waals surface area contributed by atoms with Crippen molar-refractivity contribution in [3.05, 3.63) is 46.0 Å². The molecule has 0 amide bonds. The quantitative estimate of drug-likeness (QED) is 0.793. The lowest BCUT2D eigenvalue weighted by Gasteiger charge is -2.07. The molecule has 0 saturated heterocycles. The van der Waals surface area contributed by atoms with Gasteiger partial charge in [0.05, 0.1) is 11.3 Å². The Hall–Kier alpha value is -1.98. The van der Waals surface area contributed by atoms with Crippen molar-refractivity contribution >= 4 is 0 Å². The first kappa shape index (κ1) is 11.5. The second kappa shape index (κ2) is 3.80. The maximum Gasteiger partial charge on any atom is 0.416 e. The molecule has 6 heteroatoms. The summed E-state index contributed by atoms with van der Waals surface area (Å²) >= 11 is 0. The Labute approximate surface area is 94.3 Å². The average Bonchev–Trinajstić information content (AvgIpc) is 2.57. The minimum Gasteiger partial charge on any atom is -0.310 e. The molecule has 1 aromatic carbocycles. The maximum absolute atomic E-state index is 12.3. The van der Waals surface area contributed by atoms with Gasteiger partial charge < -0.3 is 9.97 Å². The minimum atomic E-state index is -4.35. The van der Waals surface area contributed by atoms with Crippen LogP contribution in [-0.2, 0) is 6.18 Å². The topological polar surface area (TPSA) is 48.6 Å². The van der Waals surface area contributed by atoms with Crippen molar-refractivity contribution in [3.63, 3.8) is 0 Å². The number of aromatic amines is 2. The number of nitrogens with one attached hydrogen (secondary N) is 2. The van der Waals surface area contributed by atoms with Crippen molar-refractivity contribution in [2.45, 2.75) is 13.1 Å². The minimum absolute atomic E-state index is 0.377. The van der Waals surface area contributed by atoms with Crippen molar-refractivity contribution in [2.24, 2.45) is 0 Å². The SMILES string of the molecule is Cc1[nH]c(=O)[nH]c1-c1ccc(C(F)(F)F)cc1. The summed E-state index contributed by atoms with van der Waals surface area (Å²) in [5.74, 6) is 0. The van der Waals surface area contributed by atoms with Crippen LogP contribution in [0.25, 0.3) is 11.3 Å². The van der Waals surface area contributed by atoms with Gasteiger partial charge in [-0.3, -0.25) is 0 Å². The Bertz CT molecular complexity index is 578. The summed E-state index contributed by atoms with van der Waals surface area (Å²) in [7, 11) is 0. The van der Waals surface area contributed by atoms with Crippen LogP contribution in [0.4, 0.5) is 13.2 Å². The highest BCUT2D eigenvalue weighted by Crippen LogP contribution is 2.30. The number of imidazole rings is 1. The Balaban J connectivity index is 2.43. The molecule has 17 heavy (non-hydrogen) atoms. The van der Waals surface area contributed by atoms with Crippen LogP contribution in [0.5, 0.6) is 0 Å². The van der Waals surface area contributed by atoms with Gasteiger partial charge in [0.25, 0.3) is 0 Å².